The molecular weight excluding hydrogens is 353 g/mol. The van der Waals surface area contributed by atoms with Crippen LogP contribution >= 0.6 is 22.6 Å². The highest BCUT2D eigenvalue weighted by Gasteiger charge is 2.18. The molecule has 104 valence electrons. The largest absolute Gasteiger partial charge is 0.458 e. The molecule has 1 aliphatic heterocycles. The van der Waals surface area contributed by atoms with Crippen LogP contribution in [-0.4, -0.2) is 36.6 Å². The Kier molecular flexibility index (Phi) is 5.63. The normalized spacial score (nSPS) is 18.0. The van der Waals surface area contributed by atoms with Crippen LogP contribution in [0, 0.1) is 3.57 Å². The van der Waals surface area contributed by atoms with Gasteiger partial charge in [-0.2, -0.15) is 0 Å². The van der Waals surface area contributed by atoms with E-state index >= 15 is 0 Å². The number of carbonyl (C=O) groups is 1. The number of benzene rings is 1. The average Bonchev–Trinajstić information content (AvgIpc) is 2.40. The third kappa shape index (κ3) is 4.45. The van der Waals surface area contributed by atoms with Crippen LogP contribution < -0.4 is 0 Å². The molecule has 0 N–H and O–H groups in total. The van der Waals surface area contributed by atoms with E-state index in [2.05, 4.69) is 27.5 Å². The fourth-order valence-corrected chi connectivity index (χ4v) is 3.02. The SMILES string of the molecule is C[C@@H](CN1CCCCC1)OC(=O)c1ccccc1I. The van der Waals surface area contributed by atoms with Gasteiger partial charge in [-0.3, -0.25) is 4.90 Å². The molecule has 3 nitrogen and oxygen atoms in total. The van der Waals surface area contributed by atoms with Crippen molar-refractivity contribution in [3.05, 3.63) is 33.4 Å². The Hall–Kier alpha value is -0.620. The topological polar surface area (TPSA) is 29.5 Å². The van der Waals surface area contributed by atoms with Crippen LogP contribution in [0.1, 0.15) is 36.5 Å². The van der Waals surface area contributed by atoms with Crippen molar-refractivity contribution in [3.8, 4) is 0 Å². The predicted molar refractivity (Wildman–Crippen MR) is 84.3 cm³/mol. The summed E-state index contributed by atoms with van der Waals surface area (Å²) in [7, 11) is 0. The molecule has 0 aromatic heterocycles. The molecule has 0 bridgehead atoms. The van der Waals surface area contributed by atoms with Crippen molar-refractivity contribution in [2.75, 3.05) is 19.6 Å². The first-order chi connectivity index (χ1) is 9.16. The maximum absolute atomic E-state index is 12.1. The maximum Gasteiger partial charge on any atom is 0.339 e. The van der Waals surface area contributed by atoms with Gasteiger partial charge < -0.3 is 4.74 Å². The van der Waals surface area contributed by atoms with Gasteiger partial charge in [0.05, 0.1) is 5.56 Å². The first kappa shape index (κ1) is 14.8. The van der Waals surface area contributed by atoms with Gasteiger partial charge in [0.2, 0.25) is 0 Å². The molecular formula is C15H20INO2. The van der Waals surface area contributed by atoms with E-state index in [1.807, 2.05) is 31.2 Å². The van der Waals surface area contributed by atoms with Gasteiger partial charge in [-0.05, 0) is 67.6 Å². The van der Waals surface area contributed by atoms with Gasteiger partial charge in [-0.15, -0.1) is 0 Å². The summed E-state index contributed by atoms with van der Waals surface area (Å²) < 4.78 is 6.47. The lowest BCUT2D eigenvalue weighted by Crippen LogP contribution is -2.37. The summed E-state index contributed by atoms with van der Waals surface area (Å²) in [6.45, 7) is 5.08. The monoisotopic (exact) mass is 373 g/mol. The number of nitrogens with zero attached hydrogens (tertiary/aromatic N) is 1. The summed E-state index contributed by atoms with van der Waals surface area (Å²) in [6.07, 6.45) is 3.79. The van der Waals surface area contributed by atoms with Crippen molar-refractivity contribution in [2.24, 2.45) is 0 Å². The minimum absolute atomic E-state index is 0.0541. The van der Waals surface area contributed by atoms with E-state index in [1.165, 1.54) is 19.3 Å². The van der Waals surface area contributed by atoms with Crippen molar-refractivity contribution in [2.45, 2.75) is 32.3 Å². The highest BCUT2D eigenvalue weighted by Crippen LogP contribution is 2.15. The highest BCUT2D eigenvalue weighted by molar-refractivity contribution is 14.1. The maximum atomic E-state index is 12.1. The Morgan fingerprint density at radius 2 is 2.00 bits per heavy atom. The predicted octanol–water partition coefficient (Wildman–Crippen LogP) is 3.32. The van der Waals surface area contributed by atoms with Crippen LogP contribution in [0.2, 0.25) is 0 Å². The zero-order chi connectivity index (χ0) is 13.7. The Morgan fingerprint density at radius 1 is 1.32 bits per heavy atom. The second-order valence-corrected chi connectivity index (χ2v) is 6.22. The van der Waals surface area contributed by atoms with Crippen LogP contribution in [0.25, 0.3) is 0 Å². The number of esters is 1. The molecule has 1 aromatic rings. The van der Waals surface area contributed by atoms with E-state index in [1.54, 1.807) is 0 Å². The molecule has 2 rings (SSSR count). The molecule has 0 radical (unpaired) electrons. The van der Waals surface area contributed by atoms with E-state index in [9.17, 15) is 4.79 Å². The summed E-state index contributed by atoms with van der Waals surface area (Å²) in [6, 6.07) is 7.54. The first-order valence-electron chi connectivity index (χ1n) is 6.84. The lowest BCUT2D eigenvalue weighted by molar-refractivity contribution is 0.0234. The average molecular weight is 373 g/mol. The summed E-state index contributed by atoms with van der Waals surface area (Å²) in [4.78, 5) is 14.5. The molecule has 1 aliphatic rings. The summed E-state index contributed by atoms with van der Waals surface area (Å²) in [5, 5.41) is 0. The van der Waals surface area contributed by atoms with Gasteiger partial charge in [-0.25, -0.2) is 4.79 Å². The van der Waals surface area contributed by atoms with Gasteiger partial charge in [0, 0.05) is 10.1 Å². The Balaban J connectivity index is 1.86. The summed E-state index contributed by atoms with van der Waals surface area (Å²) >= 11 is 2.17. The zero-order valence-corrected chi connectivity index (χ0v) is 13.4. The van der Waals surface area contributed by atoms with Crippen LogP contribution in [-0.2, 0) is 4.74 Å². The minimum atomic E-state index is -0.213. The Morgan fingerprint density at radius 3 is 2.68 bits per heavy atom. The molecule has 0 spiro atoms. The third-order valence-corrected chi connectivity index (χ3v) is 4.31. The van der Waals surface area contributed by atoms with Crippen molar-refractivity contribution < 1.29 is 9.53 Å². The molecule has 19 heavy (non-hydrogen) atoms. The van der Waals surface area contributed by atoms with E-state index in [0.29, 0.717) is 5.56 Å². The molecule has 0 saturated carbocycles. The lowest BCUT2D eigenvalue weighted by Gasteiger charge is -2.28. The molecule has 1 heterocycles. The van der Waals surface area contributed by atoms with Gasteiger partial charge in [-0.1, -0.05) is 18.6 Å². The van der Waals surface area contributed by atoms with Crippen molar-refractivity contribution >= 4 is 28.6 Å². The van der Waals surface area contributed by atoms with Crippen LogP contribution in [0.5, 0.6) is 0 Å². The van der Waals surface area contributed by atoms with E-state index in [0.717, 1.165) is 23.2 Å². The molecule has 1 fully saturated rings. The van der Waals surface area contributed by atoms with Crippen molar-refractivity contribution in [1.82, 2.24) is 4.90 Å². The molecule has 1 saturated heterocycles. The quantitative estimate of drug-likeness (QED) is 0.599. The van der Waals surface area contributed by atoms with Gasteiger partial charge in [0.25, 0.3) is 0 Å². The number of hydrogen-bond donors (Lipinski definition) is 0. The fourth-order valence-electron chi connectivity index (χ4n) is 2.42. The van der Waals surface area contributed by atoms with E-state index < -0.39 is 0 Å². The third-order valence-electron chi connectivity index (χ3n) is 3.37. The van der Waals surface area contributed by atoms with Gasteiger partial charge in [0.1, 0.15) is 6.10 Å². The Bertz CT molecular complexity index is 430. The number of carbonyl (C=O) groups excluding carboxylic acids is 1. The van der Waals surface area contributed by atoms with E-state index in [4.69, 9.17) is 4.74 Å². The second-order valence-electron chi connectivity index (χ2n) is 5.06. The number of ether oxygens (including phenoxy) is 1. The van der Waals surface area contributed by atoms with Crippen LogP contribution in [0.15, 0.2) is 24.3 Å². The second kappa shape index (κ2) is 7.24. The van der Waals surface area contributed by atoms with E-state index in [-0.39, 0.29) is 12.1 Å². The smallest absolute Gasteiger partial charge is 0.339 e. The molecule has 0 amide bonds. The fraction of sp³-hybridized carbons (Fsp3) is 0.533. The molecule has 4 heteroatoms. The number of rotatable bonds is 4. The number of piperidine rings is 1. The Labute approximate surface area is 128 Å². The van der Waals surface area contributed by atoms with Crippen LogP contribution in [0.4, 0.5) is 0 Å². The van der Waals surface area contributed by atoms with Gasteiger partial charge in [0.15, 0.2) is 0 Å². The molecule has 1 aromatic carbocycles. The standard InChI is InChI=1S/C15H20INO2/c1-12(11-17-9-5-2-6-10-17)19-15(18)13-7-3-4-8-14(13)16/h3-4,7-8,12H,2,5-6,9-11H2,1H3/t12-/m0/s1. The van der Waals surface area contributed by atoms with Gasteiger partial charge >= 0.3 is 5.97 Å². The molecule has 1 atom stereocenters. The summed E-state index contributed by atoms with van der Waals surface area (Å²) in [5.74, 6) is -0.213. The van der Waals surface area contributed by atoms with Crippen molar-refractivity contribution in [1.29, 1.82) is 0 Å². The minimum Gasteiger partial charge on any atom is -0.458 e. The highest BCUT2D eigenvalue weighted by atomic mass is 127. The zero-order valence-electron chi connectivity index (χ0n) is 11.3. The molecule has 0 unspecified atom stereocenters. The first-order valence-corrected chi connectivity index (χ1v) is 7.92. The number of likely N-dealkylation sites (tertiary alicyclic amines) is 1. The summed E-state index contributed by atoms with van der Waals surface area (Å²) in [5.41, 5.74) is 0.661. The molecule has 0 aliphatic carbocycles. The number of hydrogen-bond acceptors (Lipinski definition) is 3. The van der Waals surface area contributed by atoms with Crippen LogP contribution in [0.3, 0.4) is 0 Å². The van der Waals surface area contributed by atoms with Crippen molar-refractivity contribution in [3.63, 3.8) is 0 Å². The lowest BCUT2D eigenvalue weighted by atomic mass is 10.1. The number of halogens is 1.